The van der Waals surface area contributed by atoms with E-state index in [-0.39, 0.29) is 18.3 Å². The lowest BCUT2D eigenvalue weighted by Gasteiger charge is -2.17. The molecular formula is C12H16F2N2O2S. The van der Waals surface area contributed by atoms with Gasteiger partial charge in [0.1, 0.15) is 0 Å². The summed E-state index contributed by atoms with van der Waals surface area (Å²) in [5, 5.41) is 13.9. The van der Waals surface area contributed by atoms with Crippen molar-refractivity contribution < 1.29 is 18.7 Å². The molecule has 0 fully saturated rings. The number of halogens is 2. The van der Waals surface area contributed by atoms with Gasteiger partial charge in [0, 0.05) is 30.2 Å². The molecule has 19 heavy (non-hydrogen) atoms. The number of carbonyl (C=O) groups is 1. The zero-order valence-electron chi connectivity index (χ0n) is 10.5. The highest BCUT2D eigenvalue weighted by Crippen LogP contribution is 2.13. The fourth-order valence-corrected chi connectivity index (χ4v) is 2.13. The van der Waals surface area contributed by atoms with E-state index in [1.54, 1.807) is 0 Å². The molecule has 4 nitrogen and oxygen atoms in total. The maximum Gasteiger partial charge on any atom is 0.319 e. The van der Waals surface area contributed by atoms with E-state index in [1.807, 2.05) is 6.26 Å². The van der Waals surface area contributed by atoms with Crippen LogP contribution in [0.2, 0.25) is 0 Å². The smallest absolute Gasteiger partial charge is 0.319 e. The number of rotatable bonds is 6. The summed E-state index contributed by atoms with van der Waals surface area (Å²) in [6.07, 6.45) is 2.32. The van der Waals surface area contributed by atoms with Gasteiger partial charge in [0.05, 0.1) is 0 Å². The number of hydrogen-bond acceptors (Lipinski definition) is 3. The molecular weight excluding hydrogens is 274 g/mol. The molecule has 0 saturated heterocycles. The van der Waals surface area contributed by atoms with Crippen LogP contribution in [-0.4, -0.2) is 35.8 Å². The van der Waals surface area contributed by atoms with Gasteiger partial charge in [-0.25, -0.2) is 13.6 Å². The average molecular weight is 290 g/mol. The SMILES string of the molecule is CSC[C@H](CCO)NC(=O)Nc1ccc(F)c(F)c1. The molecule has 0 bridgehead atoms. The molecule has 0 radical (unpaired) electrons. The van der Waals surface area contributed by atoms with E-state index in [1.165, 1.54) is 17.8 Å². The van der Waals surface area contributed by atoms with Crippen LogP contribution in [-0.2, 0) is 0 Å². The van der Waals surface area contributed by atoms with Crippen LogP contribution in [0.3, 0.4) is 0 Å². The number of anilines is 1. The molecule has 0 unspecified atom stereocenters. The molecule has 1 aromatic carbocycles. The summed E-state index contributed by atoms with van der Waals surface area (Å²) in [6.45, 7) is -0.0311. The lowest BCUT2D eigenvalue weighted by molar-refractivity contribution is 0.241. The molecule has 3 N–H and O–H groups in total. The number of aliphatic hydroxyl groups excluding tert-OH is 1. The van der Waals surface area contributed by atoms with E-state index < -0.39 is 17.7 Å². The topological polar surface area (TPSA) is 61.4 Å². The molecule has 2 amide bonds. The normalized spacial score (nSPS) is 12.0. The minimum absolute atomic E-state index is 0.0311. The largest absolute Gasteiger partial charge is 0.396 e. The number of urea groups is 1. The van der Waals surface area contributed by atoms with Crippen molar-refractivity contribution in [2.45, 2.75) is 12.5 Å². The van der Waals surface area contributed by atoms with E-state index >= 15 is 0 Å². The van der Waals surface area contributed by atoms with Gasteiger partial charge in [0.2, 0.25) is 0 Å². The van der Waals surface area contributed by atoms with Crippen LogP contribution < -0.4 is 10.6 Å². The zero-order valence-corrected chi connectivity index (χ0v) is 11.3. The highest BCUT2D eigenvalue weighted by Gasteiger charge is 2.12. The van der Waals surface area contributed by atoms with Crippen LogP contribution in [0.5, 0.6) is 0 Å². The van der Waals surface area contributed by atoms with Gasteiger partial charge in [-0.3, -0.25) is 0 Å². The zero-order chi connectivity index (χ0) is 14.3. The first-order chi connectivity index (χ1) is 9.06. The summed E-state index contributed by atoms with van der Waals surface area (Å²) < 4.78 is 25.7. The Balaban J connectivity index is 2.55. The first-order valence-electron chi connectivity index (χ1n) is 5.69. The Kier molecular flexibility index (Phi) is 6.58. The number of hydrogen-bond donors (Lipinski definition) is 3. The van der Waals surface area contributed by atoms with Gasteiger partial charge in [-0.1, -0.05) is 0 Å². The second kappa shape index (κ2) is 7.96. The third-order valence-electron chi connectivity index (χ3n) is 2.36. The molecule has 1 rings (SSSR count). The Morgan fingerprint density at radius 2 is 2.16 bits per heavy atom. The molecule has 1 aromatic rings. The first-order valence-corrected chi connectivity index (χ1v) is 7.08. The minimum atomic E-state index is -1.02. The average Bonchev–Trinajstić information content (AvgIpc) is 2.34. The van der Waals surface area contributed by atoms with Crippen LogP contribution in [0.4, 0.5) is 19.3 Å². The van der Waals surface area contributed by atoms with Crippen molar-refractivity contribution in [3.8, 4) is 0 Å². The van der Waals surface area contributed by atoms with Crippen LogP contribution in [0.25, 0.3) is 0 Å². The third kappa shape index (κ3) is 5.44. The van der Waals surface area contributed by atoms with Crippen molar-refractivity contribution in [3.05, 3.63) is 29.8 Å². The summed E-state index contributed by atoms with van der Waals surface area (Å²) in [5.74, 6) is -1.33. The molecule has 7 heteroatoms. The summed E-state index contributed by atoms with van der Waals surface area (Å²) in [4.78, 5) is 11.6. The fraction of sp³-hybridized carbons (Fsp3) is 0.417. The Morgan fingerprint density at radius 1 is 1.42 bits per heavy atom. The van der Waals surface area contributed by atoms with Gasteiger partial charge >= 0.3 is 6.03 Å². The minimum Gasteiger partial charge on any atom is -0.396 e. The quantitative estimate of drug-likeness (QED) is 0.752. The van der Waals surface area contributed by atoms with Gasteiger partial charge in [-0.05, 0) is 24.8 Å². The molecule has 0 aliphatic carbocycles. The Labute approximate surface area is 114 Å². The summed E-state index contributed by atoms with van der Waals surface area (Å²) in [5.41, 5.74) is 0.170. The number of nitrogens with one attached hydrogen (secondary N) is 2. The predicted octanol–water partition coefficient (Wildman–Crippen LogP) is 2.20. The van der Waals surface area contributed by atoms with Gasteiger partial charge in [-0.2, -0.15) is 11.8 Å². The van der Waals surface area contributed by atoms with Crippen LogP contribution >= 0.6 is 11.8 Å². The summed E-state index contributed by atoms with van der Waals surface area (Å²) in [6, 6.07) is 2.43. The van der Waals surface area contributed by atoms with Gasteiger partial charge in [0.25, 0.3) is 0 Å². The monoisotopic (exact) mass is 290 g/mol. The highest BCUT2D eigenvalue weighted by molar-refractivity contribution is 7.98. The molecule has 0 aliphatic rings. The Bertz CT molecular complexity index is 426. The van der Waals surface area contributed by atoms with E-state index in [4.69, 9.17) is 5.11 Å². The predicted molar refractivity (Wildman–Crippen MR) is 72.4 cm³/mol. The Hall–Kier alpha value is -1.34. The van der Waals surface area contributed by atoms with Crippen molar-refractivity contribution in [2.24, 2.45) is 0 Å². The van der Waals surface area contributed by atoms with Crippen molar-refractivity contribution >= 4 is 23.5 Å². The highest BCUT2D eigenvalue weighted by atomic mass is 32.2. The third-order valence-corrected chi connectivity index (χ3v) is 3.09. The number of benzene rings is 1. The van der Waals surface area contributed by atoms with Gasteiger partial charge < -0.3 is 15.7 Å². The molecule has 0 heterocycles. The fourth-order valence-electron chi connectivity index (χ4n) is 1.48. The van der Waals surface area contributed by atoms with Crippen molar-refractivity contribution in [3.63, 3.8) is 0 Å². The summed E-state index contributed by atoms with van der Waals surface area (Å²) in [7, 11) is 0. The Morgan fingerprint density at radius 3 is 2.74 bits per heavy atom. The molecule has 1 atom stereocenters. The van der Waals surface area contributed by atoms with Gasteiger partial charge in [-0.15, -0.1) is 0 Å². The number of amides is 2. The number of carbonyl (C=O) groups excluding carboxylic acids is 1. The van der Waals surface area contributed by atoms with E-state index in [9.17, 15) is 13.6 Å². The van der Waals surface area contributed by atoms with Crippen molar-refractivity contribution in [2.75, 3.05) is 23.9 Å². The van der Waals surface area contributed by atoms with Crippen LogP contribution in [0.15, 0.2) is 18.2 Å². The lowest BCUT2D eigenvalue weighted by Crippen LogP contribution is -2.40. The first kappa shape index (κ1) is 15.7. The molecule has 106 valence electrons. The van der Waals surface area contributed by atoms with E-state index in [0.29, 0.717) is 12.2 Å². The molecule has 0 aliphatic heterocycles. The van der Waals surface area contributed by atoms with Crippen LogP contribution in [0.1, 0.15) is 6.42 Å². The lowest BCUT2D eigenvalue weighted by atomic mass is 10.2. The summed E-state index contributed by atoms with van der Waals surface area (Å²) >= 11 is 1.54. The van der Waals surface area contributed by atoms with E-state index in [0.717, 1.165) is 12.1 Å². The standard InChI is InChI=1S/C12H16F2N2O2S/c1-19-7-9(4-5-17)16-12(18)15-8-2-3-10(13)11(14)6-8/h2-3,6,9,17H,4-5,7H2,1H3,(H2,15,16,18)/t9-/m0/s1. The second-order valence-electron chi connectivity index (χ2n) is 3.89. The molecule has 0 spiro atoms. The molecule has 0 saturated carbocycles. The van der Waals surface area contributed by atoms with E-state index in [2.05, 4.69) is 10.6 Å². The number of thioether (sulfide) groups is 1. The maximum atomic E-state index is 13.0. The molecule has 0 aromatic heterocycles. The van der Waals surface area contributed by atoms with Crippen molar-refractivity contribution in [1.29, 1.82) is 0 Å². The second-order valence-corrected chi connectivity index (χ2v) is 4.80. The van der Waals surface area contributed by atoms with Crippen LogP contribution in [0, 0.1) is 11.6 Å². The maximum absolute atomic E-state index is 13.0. The van der Waals surface area contributed by atoms with Gasteiger partial charge in [0.15, 0.2) is 11.6 Å². The number of aliphatic hydroxyl groups is 1. The van der Waals surface area contributed by atoms with Crippen molar-refractivity contribution in [1.82, 2.24) is 5.32 Å².